The zero-order valence-electron chi connectivity index (χ0n) is 7.73. The minimum Gasteiger partial charge on any atom is -0.481 e. The molecular formula is C9H12N2O3. The fourth-order valence-electron chi connectivity index (χ4n) is 0.664. The molecule has 14 heavy (non-hydrogen) atoms. The van der Waals surface area contributed by atoms with Gasteiger partial charge in [0.05, 0.1) is 0 Å². The Morgan fingerprint density at radius 2 is 1.71 bits per heavy atom. The first-order chi connectivity index (χ1) is 6.52. The molecule has 0 aliphatic rings. The number of amides is 2. The van der Waals surface area contributed by atoms with Crippen molar-refractivity contribution in [1.82, 2.24) is 0 Å². The van der Waals surface area contributed by atoms with Crippen LogP contribution >= 0.6 is 0 Å². The molecule has 0 heterocycles. The fraction of sp³-hybridized carbons (Fsp3) is 0.111. The molecule has 0 radical (unpaired) electrons. The van der Waals surface area contributed by atoms with Gasteiger partial charge in [-0.25, -0.2) is 4.79 Å². The summed E-state index contributed by atoms with van der Waals surface area (Å²) in [5.41, 5.74) is 5.59. The van der Waals surface area contributed by atoms with Crippen LogP contribution in [0.5, 0.6) is 0 Å². The van der Waals surface area contributed by atoms with Gasteiger partial charge in [0.25, 0.3) is 5.97 Å². The highest BCUT2D eigenvalue weighted by atomic mass is 16.4. The van der Waals surface area contributed by atoms with Crippen LogP contribution in [0.1, 0.15) is 6.92 Å². The zero-order chi connectivity index (χ0) is 11.0. The van der Waals surface area contributed by atoms with Gasteiger partial charge in [-0.05, 0) is 12.1 Å². The van der Waals surface area contributed by atoms with Gasteiger partial charge < -0.3 is 16.2 Å². The number of nitrogens with one attached hydrogen (secondary N) is 1. The van der Waals surface area contributed by atoms with Gasteiger partial charge >= 0.3 is 6.03 Å². The third-order valence-electron chi connectivity index (χ3n) is 1.04. The smallest absolute Gasteiger partial charge is 0.316 e. The Morgan fingerprint density at radius 3 is 2.07 bits per heavy atom. The molecule has 5 heteroatoms. The second-order valence-corrected chi connectivity index (χ2v) is 2.37. The fourth-order valence-corrected chi connectivity index (χ4v) is 0.664. The van der Waals surface area contributed by atoms with E-state index in [1.165, 1.54) is 0 Å². The Balaban J connectivity index is 0.000000364. The quantitative estimate of drug-likeness (QED) is 0.631. The van der Waals surface area contributed by atoms with E-state index in [2.05, 4.69) is 5.32 Å². The van der Waals surface area contributed by atoms with Crippen molar-refractivity contribution >= 4 is 17.7 Å². The molecule has 5 nitrogen and oxygen atoms in total. The summed E-state index contributed by atoms with van der Waals surface area (Å²) in [6, 6.07) is 8.52. The number of para-hydroxylation sites is 1. The molecule has 76 valence electrons. The molecule has 0 aromatic heterocycles. The van der Waals surface area contributed by atoms with Gasteiger partial charge in [0, 0.05) is 12.6 Å². The number of rotatable bonds is 1. The molecule has 0 aliphatic heterocycles. The second-order valence-electron chi connectivity index (χ2n) is 2.37. The highest BCUT2D eigenvalue weighted by Gasteiger charge is 1.90. The summed E-state index contributed by atoms with van der Waals surface area (Å²) < 4.78 is 0. The molecule has 1 aromatic rings. The topological polar surface area (TPSA) is 92.4 Å². The number of benzene rings is 1. The van der Waals surface area contributed by atoms with E-state index < -0.39 is 12.0 Å². The predicted molar refractivity (Wildman–Crippen MR) is 53.0 cm³/mol. The maximum absolute atomic E-state index is 10.3. The van der Waals surface area contributed by atoms with Crippen LogP contribution < -0.4 is 11.1 Å². The number of hydrogen-bond acceptors (Lipinski definition) is 2. The monoisotopic (exact) mass is 196 g/mol. The van der Waals surface area contributed by atoms with Crippen molar-refractivity contribution in [3.05, 3.63) is 30.3 Å². The normalized spacial score (nSPS) is 8.07. The first-order valence-electron chi connectivity index (χ1n) is 3.83. The SMILES string of the molecule is CC(=O)O.NC(=O)Nc1ccccc1. The average Bonchev–Trinajstić information content (AvgIpc) is 2.03. The lowest BCUT2D eigenvalue weighted by atomic mass is 10.3. The molecule has 0 fully saturated rings. The number of urea groups is 1. The van der Waals surface area contributed by atoms with Crippen molar-refractivity contribution in [2.75, 3.05) is 5.32 Å². The summed E-state index contributed by atoms with van der Waals surface area (Å²) in [6.45, 7) is 1.08. The van der Waals surface area contributed by atoms with Crippen LogP contribution in [-0.4, -0.2) is 17.1 Å². The molecule has 1 rings (SSSR count). The summed E-state index contributed by atoms with van der Waals surface area (Å²) >= 11 is 0. The van der Waals surface area contributed by atoms with E-state index in [-0.39, 0.29) is 0 Å². The van der Waals surface area contributed by atoms with Gasteiger partial charge in [0.15, 0.2) is 0 Å². The Labute approximate surface area is 81.5 Å². The van der Waals surface area contributed by atoms with Crippen LogP contribution in [0, 0.1) is 0 Å². The van der Waals surface area contributed by atoms with E-state index in [1.54, 1.807) is 12.1 Å². The summed E-state index contributed by atoms with van der Waals surface area (Å²) in [7, 11) is 0. The number of carboxylic acid groups (broad SMARTS) is 1. The highest BCUT2D eigenvalue weighted by molar-refractivity contribution is 5.87. The number of primary amides is 1. The number of nitrogens with two attached hydrogens (primary N) is 1. The number of carbonyl (C=O) groups is 2. The van der Waals surface area contributed by atoms with Crippen LogP contribution in [0.3, 0.4) is 0 Å². The number of carboxylic acids is 1. The maximum atomic E-state index is 10.3. The lowest BCUT2D eigenvalue weighted by Gasteiger charge is -1.97. The van der Waals surface area contributed by atoms with Gasteiger partial charge in [0.2, 0.25) is 0 Å². The molecule has 0 bridgehead atoms. The zero-order valence-corrected chi connectivity index (χ0v) is 7.73. The van der Waals surface area contributed by atoms with Crippen LogP contribution in [0.15, 0.2) is 30.3 Å². The van der Waals surface area contributed by atoms with Gasteiger partial charge in [-0.1, -0.05) is 18.2 Å². The third-order valence-corrected chi connectivity index (χ3v) is 1.04. The summed E-state index contributed by atoms with van der Waals surface area (Å²) in [5, 5.41) is 9.86. The van der Waals surface area contributed by atoms with Crippen molar-refractivity contribution < 1.29 is 14.7 Å². The highest BCUT2D eigenvalue weighted by Crippen LogP contribution is 2.03. The molecule has 4 N–H and O–H groups in total. The first kappa shape index (κ1) is 12.0. The van der Waals surface area contributed by atoms with Crippen LogP contribution in [0.4, 0.5) is 10.5 Å². The maximum Gasteiger partial charge on any atom is 0.316 e. The van der Waals surface area contributed by atoms with Gasteiger partial charge in [-0.3, -0.25) is 4.79 Å². The van der Waals surface area contributed by atoms with Gasteiger partial charge in [-0.2, -0.15) is 0 Å². The third kappa shape index (κ3) is 8.06. The molecular weight excluding hydrogens is 184 g/mol. The van der Waals surface area contributed by atoms with Crippen molar-refractivity contribution in [2.45, 2.75) is 6.92 Å². The lowest BCUT2D eigenvalue weighted by Crippen LogP contribution is -2.18. The van der Waals surface area contributed by atoms with Crippen molar-refractivity contribution in [3.8, 4) is 0 Å². The Hall–Kier alpha value is -2.04. The molecule has 0 spiro atoms. The summed E-state index contributed by atoms with van der Waals surface area (Å²) in [6.07, 6.45) is 0. The van der Waals surface area contributed by atoms with Gasteiger partial charge in [-0.15, -0.1) is 0 Å². The summed E-state index contributed by atoms with van der Waals surface area (Å²) in [5.74, 6) is -0.833. The van der Waals surface area contributed by atoms with Crippen molar-refractivity contribution in [1.29, 1.82) is 0 Å². The lowest BCUT2D eigenvalue weighted by molar-refractivity contribution is -0.134. The molecule has 0 saturated carbocycles. The van der Waals surface area contributed by atoms with E-state index in [0.29, 0.717) is 0 Å². The number of anilines is 1. The van der Waals surface area contributed by atoms with E-state index in [9.17, 15) is 4.79 Å². The number of aliphatic carboxylic acids is 1. The van der Waals surface area contributed by atoms with E-state index in [0.717, 1.165) is 12.6 Å². The molecule has 0 unspecified atom stereocenters. The first-order valence-corrected chi connectivity index (χ1v) is 3.83. The molecule has 0 saturated heterocycles. The largest absolute Gasteiger partial charge is 0.481 e. The minimum atomic E-state index is -0.833. The minimum absolute atomic E-state index is 0.536. The summed E-state index contributed by atoms with van der Waals surface area (Å²) in [4.78, 5) is 19.3. The van der Waals surface area contributed by atoms with E-state index in [4.69, 9.17) is 15.6 Å². The Kier molecular flexibility index (Phi) is 5.53. The van der Waals surface area contributed by atoms with E-state index >= 15 is 0 Å². The van der Waals surface area contributed by atoms with Gasteiger partial charge in [0.1, 0.15) is 0 Å². The Morgan fingerprint density at radius 1 is 1.29 bits per heavy atom. The number of hydrogen-bond donors (Lipinski definition) is 3. The van der Waals surface area contributed by atoms with Crippen molar-refractivity contribution in [3.63, 3.8) is 0 Å². The standard InChI is InChI=1S/C7H8N2O.C2H4O2/c8-7(10)9-6-4-2-1-3-5-6;1-2(3)4/h1-5H,(H3,8,9,10);1H3,(H,3,4). The Bertz CT molecular complexity index is 294. The van der Waals surface area contributed by atoms with Crippen LogP contribution in [-0.2, 0) is 4.79 Å². The molecule has 0 aliphatic carbocycles. The average molecular weight is 196 g/mol. The molecule has 0 atom stereocenters. The number of carbonyl (C=O) groups excluding carboxylic acids is 1. The molecule has 2 amide bonds. The van der Waals surface area contributed by atoms with Crippen LogP contribution in [0.25, 0.3) is 0 Å². The second kappa shape index (κ2) is 6.47. The molecule has 1 aromatic carbocycles. The predicted octanol–water partition coefficient (Wildman–Crippen LogP) is 1.27. The van der Waals surface area contributed by atoms with E-state index in [1.807, 2.05) is 18.2 Å². The van der Waals surface area contributed by atoms with Crippen molar-refractivity contribution in [2.24, 2.45) is 5.73 Å². The van der Waals surface area contributed by atoms with Crippen LogP contribution in [0.2, 0.25) is 0 Å².